The van der Waals surface area contributed by atoms with E-state index in [1.165, 1.54) is 0 Å². The van der Waals surface area contributed by atoms with Crippen molar-refractivity contribution in [2.45, 2.75) is 19.4 Å². The number of benzene rings is 1. The second-order valence-corrected chi connectivity index (χ2v) is 5.09. The van der Waals surface area contributed by atoms with Gasteiger partial charge in [0.2, 0.25) is 0 Å². The highest BCUT2D eigenvalue weighted by Crippen LogP contribution is 2.26. The van der Waals surface area contributed by atoms with Crippen molar-refractivity contribution in [3.63, 3.8) is 0 Å². The van der Waals surface area contributed by atoms with Crippen LogP contribution < -0.4 is 11.1 Å². The summed E-state index contributed by atoms with van der Waals surface area (Å²) in [6.07, 6.45) is 2.60. The molecule has 0 aliphatic heterocycles. The highest BCUT2D eigenvalue weighted by molar-refractivity contribution is 7.98. The summed E-state index contributed by atoms with van der Waals surface area (Å²) in [6.45, 7) is 1.90. The number of nitrogens with zero attached hydrogens (tertiary/aromatic N) is 1. The molecule has 0 saturated carbocycles. The Morgan fingerprint density at radius 2 is 2.25 bits per heavy atom. The van der Waals surface area contributed by atoms with Crippen LogP contribution in [0.15, 0.2) is 12.1 Å². The number of nitrogens with one attached hydrogen (secondary N) is 1. The molecule has 8 heteroatoms. The third kappa shape index (κ3) is 3.83. The first-order valence-electron chi connectivity index (χ1n) is 5.93. The molecule has 0 spiro atoms. The number of anilines is 1. The van der Waals surface area contributed by atoms with E-state index < -0.39 is 22.3 Å². The van der Waals surface area contributed by atoms with Gasteiger partial charge >= 0.3 is 0 Å². The van der Waals surface area contributed by atoms with Crippen LogP contribution in [0.2, 0.25) is 0 Å². The monoisotopic (exact) mass is 301 g/mol. The van der Waals surface area contributed by atoms with Crippen molar-refractivity contribution < 1.29 is 14.1 Å². The molecule has 1 aromatic carbocycles. The minimum atomic E-state index is -0.867. The van der Waals surface area contributed by atoms with Crippen LogP contribution in [0.25, 0.3) is 0 Å². The van der Waals surface area contributed by atoms with Crippen molar-refractivity contribution in [1.29, 1.82) is 0 Å². The number of hydrogen-bond donors (Lipinski definition) is 2. The van der Waals surface area contributed by atoms with Crippen molar-refractivity contribution in [2.24, 2.45) is 0 Å². The lowest BCUT2D eigenvalue weighted by atomic mass is 10.1. The molecule has 20 heavy (non-hydrogen) atoms. The maximum Gasteiger partial charge on any atom is 0.295 e. The number of halogens is 1. The largest absolute Gasteiger partial charge is 0.393 e. The van der Waals surface area contributed by atoms with Gasteiger partial charge in [-0.2, -0.15) is 11.8 Å². The molecule has 6 nitrogen and oxygen atoms in total. The first-order chi connectivity index (χ1) is 9.40. The van der Waals surface area contributed by atoms with Gasteiger partial charge in [0.05, 0.1) is 16.6 Å². The van der Waals surface area contributed by atoms with Gasteiger partial charge in [0, 0.05) is 11.8 Å². The summed E-state index contributed by atoms with van der Waals surface area (Å²) in [5, 5.41) is 13.4. The van der Waals surface area contributed by atoms with Crippen LogP contribution in [-0.4, -0.2) is 28.9 Å². The quantitative estimate of drug-likeness (QED) is 0.477. The predicted molar refractivity (Wildman–Crippen MR) is 77.4 cm³/mol. The Labute approximate surface area is 120 Å². The summed E-state index contributed by atoms with van der Waals surface area (Å²) >= 11 is 1.56. The third-order valence-electron chi connectivity index (χ3n) is 2.76. The fraction of sp³-hybridized carbons (Fsp3) is 0.417. The minimum Gasteiger partial charge on any atom is -0.393 e. The zero-order valence-corrected chi connectivity index (χ0v) is 12.0. The molecule has 0 fully saturated rings. The van der Waals surface area contributed by atoms with Crippen LogP contribution in [0, 0.1) is 15.9 Å². The number of nitrogen functional groups attached to an aromatic ring is 1. The number of hydrogen-bond acceptors (Lipinski definition) is 5. The molecule has 0 aromatic heterocycles. The first kappa shape index (κ1) is 16.2. The summed E-state index contributed by atoms with van der Waals surface area (Å²) in [5.74, 6) is -0.778. The van der Waals surface area contributed by atoms with Crippen LogP contribution in [-0.2, 0) is 0 Å². The fourth-order valence-electron chi connectivity index (χ4n) is 1.67. The first-order valence-corrected chi connectivity index (χ1v) is 7.33. The van der Waals surface area contributed by atoms with E-state index in [2.05, 4.69) is 5.32 Å². The SMILES string of the molecule is CCC(CSC)NC(=O)c1cc(F)cc([N+](=O)[O-])c1N. The van der Waals surface area contributed by atoms with Gasteiger partial charge in [0.15, 0.2) is 0 Å². The number of rotatable bonds is 6. The van der Waals surface area contributed by atoms with Crippen LogP contribution in [0.5, 0.6) is 0 Å². The molecule has 1 unspecified atom stereocenters. The normalized spacial score (nSPS) is 11.9. The highest BCUT2D eigenvalue weighted by atomic mass is 32.2. The Hall–Kier alpha value is -1.83. The van der Waals surface area contributed by atoms with E-state index in [1.54, 1.807) is 11.8 Å². The molecule has 1 rings (SSSR count). The van der Waals surface area contributed by atoms with Gasteiger partial charge in [-0.15, -0.1) is 0 Å². The molecule has 0 radical (unpaired) electrons. The third-order valence-corrected chi connectivity index (χ3v) is 3.50. The number of nitrogens with two attached hydrogens (primary N) is 1. The van der Waals surface area contributed by atoms with Gasteiger partial charge in [-0.25, -0.2) is 4.39 Å². The second kappa shape index (κ2) is 7.09. The van der Waals surface area contributed by atoms with E-state index in [0.717, 1.165) is 6.07 Å². The lowest BCUT2D eigenvalue weighted by molar-refractivity contribution is -0.384. The summed E-state index contributed by atoms with van der Waals surface area (Å²) in [6, 6.07) is 1.51. The average molecular weight is 301 g/mol. The molecule has 0 bridgehead atoms. The van der Waals surface area contributed by atoms with E-state index in [-0.39, 0.29) is 17.3 Å². The molecule has 110 valence electrons. The summed E-state index contributed by atoms with van der Waals surface area (Å²) in [4.78, 5) is 22.0. The van der Waals surface area contributed by atoms with Gasteiger partial charge in [0.1, 0.15) is 11.5 Å². The molecule has 1 atom stereocenters. The second-order valence-electron chi connectivity index (χ2n) is 4.18. The maximum atomic E-state index is 13.4. The smallest absolute Gasteiger partial charge is 0.295 e. The van der Waals surface area contributed by atoms with Crippen LogP contribution >= 0.6 is 11.8 Å². The van der Waals surface area contributed by atoms with Crippen molar-refractivity contribution >= 4 is 29.0 Å². The van der Waals surface area contributed by atoms with Crippen molar-refractivity contribution in [3.05, 3.63) is 33.6 Å². The Balaban J connectivity index is 3.06. The molecule has 1 aromatic rings. The van der Waals surface area contributed by atoms with E-state index in [1.807, 2.05) is 13.2 Å². The van der Waals surface area contributed by atoms with Gasteiger partial charge < -0.3 is 11.1 Å². The summed E-state index contributed by atoms with van der Waals surface area (Å²) in [5.41, 5.74) is 4.43. The Kier molecular flexibility index (Phi) is 5.75. The maximum absolute atomic E-state index is 13.4. The van der Waals surface area contributed by atoms with Crippen LogP contribution in [0.4, 0.5) is 15.8 Å². The van der Waals surface area contributed by atoms with Crippen molar-refractivity contribution in [1.82, 2.24) is 5.32 Å². The van der Waals surface area contributed by atoms with E-state index in [9.17, 15) is 19.3 Å². The van der Waals surface area contributed by atoms with Crippen LogP contribution in [0.3, 0.4) is 0 Å². The number of thioether (sulfide) groups is 1. The molecule has 0 heterocycles. The van der Waals surface area contributed by atoms with Gasteiger partial charge in [0.25, 0.3) is 11.6 Å². The fourth-order valence-corrected chi connectivity index (χ4v) is 2.39. The lowest BCUT2D eigenvalue weighted by Crippen LogP contribution is -2.36. The minimum absolute atomic E-state index is 0.0979. The Morgan fingerprint density at radius 3 is 2.75 bits per heavy atom. The summed E-state index contributed by atoms with van der Waals surface area (Å²) < 4.78 is 13.4. The van der Waals surface area contributed by atoms with Crippen molar-refractivity contribution in [2.75, 3.05) is 17.7 Å². The molecular formula is C12H16FN3O3S. The number of carbonyl (C=O) groups is 1. The standard InChI is InChI=1S/C12H16FN3O3S/c1-3-8(6-20-2)15-12(17)9-4-7(13)5-10(11(9)14)16(18)19/h4-5,8H,3,6,14H2,1-2H3,(H,15,17). The van der Waals surface area contributed by atoms with Gasteiger partial charge in [-0.3, -0.25) is 14.9 Å². The van der Waals surface area contributed by atoms with Crippen molar-refractivity contribution in [3.8, 4) is 0 Å². The highest BCUT2D eigenvalue weighted by Gasteiger charge is 2.22. The zero-order valence-electron chi connectivity index (χ0n) is 11.2. The summed E-state index contributed by atoms with van der Waals surface area (Å²) in [7, 11) is 0. The predicted octanol–water partition coefficient (Wildman–Crippen LogP) is 2.19. The molecular weight excluding hydrogens is 285 g/mol. The molecule has 1 amide bonds. The van der Waals surface area contributed by atoms with Gasteiger partial charge in [-0.05, 0) is 18.7 Å². The molecule has 0 saturated heterocycles. The molecule has 0 aliphatic rings. The van der Waals surface area contributed by atoms with E-state index in [4.69, 9.17) is 5.73 Å². The number of carbonyl (C=O) groups excluding carboxylic acids is 1. The van der Waals surface area contributed by atoms with Gasteiger partial charge in [-0.1, -0.05) is 6.92 Å². The Bertz CT molecular complexity index is 525. The number of nitro benzene ring substituents is 1. The lowest BCUT2D eigenvalue weighted by Gasteiger charge is -2.16. The van der Waals surface area contributed by atoms with E-state index in [0.29, 0.717) is 18.2 Å². The Morgan fingerprint density at radius 1 is 1.60 bits per heavy atom. The molecule has 0 aliphatic carbocycles. The number of nitro groups is 1. The topological polar surface area (TPSA) is 98.3 Å². The average Bonchev–Trinajstić information content (AvgIpc) is 2.39. The van der Waals surface area contributed by atoms with E-state index >= 15 is 0 Å². The zero-order chi connectivity index (χ0) is 15.3. The number of amides is 1. The molecule has 3 N–H and O–H groups in total. The van der Waals surface area contributed by atoms with Crippen LogP contribution in [0.1, 0.15) is 23.7 Å².